The summed E-state index contributed by atoms with van der Waals surface area (Å²) in [6.07, 6.45) is 16.1. The summed E-state index contributed by atoms with van der Waals surface area (Å²) in [5.74, 6) is 0.843. The van der Waals surface area contributed by atoms with Crippen LogP contribution in [0.3, 0.4) is 0 Å². The van der Waals surface area contributed by atoms with Gasteiger partial charge in [-0.05, 0) is 25.2 Å². The Morgan fingerprint density at radius 3 is 2.06 bits per heavy atom. The summed E-state index contributed by atoms with van der Waals surface area (Å²) in [4.78, 5) is 0. The predicted octanol–water partition coefficient (Wildman–Crippen LogP) is 4.68. The third-order valence-electron chi connectivity index (χ3n) is 3.98. The fourth-order valence-corrected chi connectivity index (χ4v) is 2.88. The van der Waals surface area contributed by atoms with Crippen molar-refractivity contribution in [3.63, 3.8) is 0 Å². The minimum atomic E-state index is 0.0269. The summed E-state index contributed by atoms with van der Waals surface area (Å²) < 4.78 is 0. The van der Waals surface area contributed by atoms with Gasteiger partial charge in [0.25, 0.3) is 0 Å². The number of unbranched alkanes of at least 4 members (excludes halogenated alkanes) is 7. The Balaban J connectivity index is 1.78. The van der Waals surface area contributed by atoms with E-state index in [1.807, 2.05) is 0 Å². The van der Waals surface area contributed by atoms with Crippen LogP contribution in [0.5, 0.6) is 0 Å². The number of hydrogen-bond acceptors (Lipinski definition) is 1. The molecule has 0 heterocycles. The fraction of sp³-hybridized carbons (Fsp3) is 1.00. The summed E-state index contributed by atoms with van der Waals surface area (Å²) in [7, 11) is 0. The molecule has 0 aliphatic heterocycles. The van der Waals surface area contributed by atoms with Crippen molar-refractivity contribution in [3.05, 3.63) is 0 Å². The second kappa shape index (κ2) is 9.04. The molecule has 1 N–H and O–H groups in total. The van der Waals surface area contributed by atoms with Gasteiger partial charge in [-0.25, -0.2) is 0 Å². The first-order valence-electron chi connectivity index (χ1n) is 7.51. The second-order valence-corrected chi connectivity index (χ2v) is 5.60. The highest BCUT2D eigenvalue weighted by Gasteiger charge is 2.21. The van der Waals surface area contributed by atoms with Crippen molar-refractivity contribution in [1.29, 1.82) is 0 Å². The predicted molar refractivity (Wildman–Crippen MR) is 70.6 cm³/mol. The van der Waals surface area contributed by atoms with Crippen molar-refractivity contribution in [1.82, 2.24) is 0 Å². The molecule has 0 amide bonds. The highest BCUT2D eigenvalue weighted by atomic mass is 16.3. The van der Waals surface area contributed by atoms with Crippen molar-refractivity contribution in [2.24, 2.45) is 5.92 Å². The maximum atomic E-state index is 9.42. The van der Waals surface area contributed by atoms with Crippen molar-refractivity contribution < 1.29 is 5.11 Å². The minimum Gasteiger partial charge on any atom is -0.393 e. The SMILES string of the molecule is CCCCCCCCCCC1CCC(O)C1. The Kier molecular flexibility index (Phi) is 7.92. The van der Waals surface area contributed by atoms with E-state index in [2.05, 4.69) is 6.92 Å². The highest BCUT2D eigenvalue weighted by molar-refractivity contribution is 4.74. The van der Waals surface area contributed by atoms with Crippen molar-refractivity contribution in [2.75, 3.05) is 0 Å². The van der Waals surface area contributed by atoms with E-state index in [1.165, 1.54) is 64.2 Å². The number of rotatable bonds is 9. The molecular formula is C15H30O. The molecule has 0 aromatic heterocycles. The number of hydrogen-bond donors (Lipinski definition) is 1. The van der Waals surface area contributed by atoms with Crippen LogP contribution in [0.2, 0.25) is 0 Å². The summed E-state index contributed by atoms with van der Waals surface area (Å²) in [5.41, 5.74) is 0. The fourth-order valence-electron chi connectivity index (χ4n) is 2.88. The molecule has 0 bridgehead atoms. The smallest absolute Gasteiger partial charge is 0.0543 e. The summed E-state index contributed by atoms with van der Waals surface area (Å²) in [6, 6.07) is 0. The van der Waals surface area contributed by atoms with Gasteiger partial charge < -0.3 is 5.11 Å². The molecule has 1 heteroatoms. The molecular weight excluding hydrogens is 196 g/mol. The molecule has 1 aliphatic rings. The Morgan fingerprint density at radius 1 is 0.875 bits per heavy atom. The zero-order chi connectivity index (χ0) is 11.6. The van der Waals surface area contributed by atoms with Crippen LogP contribution >= 0.6 is 0 Å². The molecule has 0 spiro atoms. The molecule has 1 rings (SSSR count). The van der Waals surface area contributed by atoms with E-state index >= 15 is 0 Å². The second-order valence-electron chi connectivity index (χ2n) is 5.60. The molecule has 2 unspecified atom stereocenters. The van der Waals surface area contributed by atoms with Gasteiger partial charge in [0.15, 0.2) is 0 Å². The summed E-state index contributed by atoms with van der Waals surface area (Å²) in [6.45, 7) is 2.27. The molecule has 0 saturated heterocycles. The van der Waals surface area contributed by atoms with Gasteiger partial charge in [-0.2, -0.15) is 0 Å². The van der Waals surface area contributed by atoms with Gasteiger partial charge in [0, 0.05) is 0 Å². The normalized spacial score (nSPS) is 25.1. The molecule has 1 aliphatic carbocycles. The van der Waals surface area contributed by atoms with Crippen LogP contribution in [0, 0.1) is 5.92 Å². The largest absolute Gasteiger partial charge is 0.393 e. The Labute approximate surface area is 102 Å². The third kappa shape index (κ3) is 6.52. The van der Waals surface area contributed by atoms with Crippen molar-refractivity contribution in [2.45, 2.75) is 90.1 Å². The Morgan fingerprint density at radius 2 is 1.50 bits per heavy atom. The van der Waals surface area contributed by atoms with Crippen LogP contribution < -0.4 is 0 Å². The lowest BCUT2D eigenvalue weighted by Crippen LogP contribution is -2.00. The maximum Gasteiger partial charge on any atom is 0.0543 e. The van der Waals surface area contributed by atoms with Crippen LogP contribution in [-0.2, 0) is 0 Å². The van der Waals surface area contributed by atoms with Gasteiger partial charge in [0.05, 0.1) is 6.10 Å². The van der Waals surface area contributed by atoms with Gasteiger partial charge >= 0.3 is 0 Å². The first-order valence-corrected chi connectivity index (χ1v) is 7.51. The van der Waals surface area contributed by atoms with E-state index in [1.54, 1.807) is 0 Å². The monoisotopic (exact) mass is 226 g/mol. The zero-order valence-corrected chi connectivity index (χ0v) is 11.1. The van der Waals surface area contributed by atoms with Gasteiger partial charge in [0.2, 0.25) is 0 Å². The van der Waals surface area contributed by atoms with Gasteiger partial charge in [0.1, 0.15) is 0 Å². The number of aliphatic hydroxyl groups is 1. The first-order chi connectivity index (χ1) is 7.83. The Hall–Kier alpha value is -0.0400. The molecule has 0 aromatic carbocycles. The molecule has 96 valence electrons. The zero-order valence-electron chi connectivity index (χ0n) is 11.1. The summed E-state index contributed by atoms with van der Waals surface area (Å²) >= 11 is 0. The molecule has 0 radical (unpaired) electrons. The van der Waals surface area contributed by atoms with Crippen LogP contribution in [0.15, 0.2) is 0 Å². The van der Waals surface area contributed by atoms with Crippen LogP contribution in [0.25, 0.3) is 0 Å². The average molecular weight is 226 g/mol. The molecule has 2 atom stereocenters. The minimum absolute atomic E-state index is 0.0269. The van der Waals surface area contributed by atoms with Crippen LogP contribution in [-0.4, -0.2) is 11.2 Å². The van der Waals surface area contributed by atoms with Gasteiger partial charge in [-0.1, -0.05) is 64.7 Å². The lowest BCUT2D eigenvalue weighted by molar-refractivity contribution is 0.176. The topological polar surface area (TPSA) is 20.2 Å². The highest BCUT2D eigenvalue weighted by Crippen LogP contribution is 2.29. The van der Waals surface area contributed by atoms with Gasteiger partial charge in [-0.15, -0.1) is 0 Å². The molecule has 1 fully saturated rings. The first kappa shape index (κ1) is 14.0. The maximum absolute atomic E-state index is 9.42. The summed E-state index contributed by atoms with van der Waals surface area (Å²) in [5, 5.41) is 9.42. The van der Waals surface area contributed by atoms with Crippen molar-refractivity contribution >= 4 is 0 Å². The lowest BCUT2D eigenvalue weighted by atomic mass is 9.99. The van der Waals surface area contributed by atoms with E-state index in [9.17, 15) is 5.11 Å². The quantitative estimate of drug-likeness (QED) is 0.566. The van der Waals surface area contributed by atoms with E-state index in [0.717, 1.165) is 18.8 Å². The lowest BCUT2D eigenvalue weighted by Gasteiger charge is -2.08. The van der Waals surface area contributed by atoms with Crippen molar-refractivity contribution in [3.8, 4) is 0 Å². The molecule has 16 heavy (non-hydrogen) atoms. The van der Waals surface area contributed by atoms with E-state index in [0.29, 0.717) is 0 Å². The average Bonchev–Trinajstić information content (AvgIpc) is 2.68. The Bertz CT molecular complexity index is 156. The van der Waals surface area contributed by atoms with E-state index in [-0.39, 0.29) is 6.10 Å². The van der Waals surface area contributed by atoms with Gasteiger partial charge in [-0.3, -0.25) is 0 Å². The van der Waals surface area contributed by atoms with E-state index < -0.39 is 0 Å². The molecule has 1 saturated carbocycles. The van der Waals surface area contributed by atoms with E-state index in [4.69, 9.17) is 0 Å². The number of aliphatic hydroxyl groups excluding tert-OH is 1. The van der Waals surface area contributed by atoms with Crippen LogP contribution in [0.1, 0.15) is 84.0 Å². The molecule has 1 nitrogen and oxygen atoms in total. The molecule has 0 aromatic rings. The standard InChI is InChI=1S/C15H30O/c1-2-3-4-5-6-7-8-9-10-14-11-12-15(16)13-14/h14-16H,2-13H2,1H3. The van der Waals surface area contributed by atoms with Crippen LogP contribution in [0.4, 0.5) is 0 Å². The third-order valence-corrected chi connectivity index (χ3v) is 3.98.